The van der Waals surface area contributed by atoms with Crippen molar-refractivity contribution >= 4 is 5.91 Å². The quantitative estimate of drug-likeness (QED) is 0.764. The second-order valence-corrected chi connectivity index (χ2v) is 6.03. The molecule has 0 aliphatic rings. The molecule has 1 amide bonds. The molecule has 26 heavy (non-hydrogen) atoms. The first-order valence-electron chi connectivity index (χ1n) is 8.19. The van der Waals surface area contributed by atoms with Gasteiger partial charge in [-0.15, -0.1) is 0 Å². The van der Waals surface area contributed by atoms with Gasteiger partial charge in [0.05, 0.1) is 12.8 Å². The average Bonchev–Trinajstić information content (AvgIpc) is 3.04. The highest BCUT2D eigenvalue weighted by Crippen LogP contribution is 2.22. The number of carbonyl (C=O) groups is 1. The van der Waals surface area contributed by atoms with Crippen molar-refractivity contribution in [1.82, 2.24) is 15.1 Å². The summed E-state index contributed by atoms with van der Waals surface area (Å²) >= 11 is 0. The number of hydrogen-bond acceptors (Lipinski definition) is 3. The zero-order chi connectivity index (χ0) is 18.7. The molecule has 0 saturated heterocycles. The van der Waals surface area contributed by atoms with E-state index in [2.05, 4.69) is 10.4 Å². The summed E-state index contributed by atoms with van der Waals surface area (Å²) in [5, 5.41) is 7.12. The lowest BCUT2D eigenvalue weighted by atomic mass is 10.1. The SMILES string of the molecule is COc1ccc(CNC(=O)c2cc(-c3ccc(F)c(C)c3)n(C)n2)cc1. The second kappa shape index (κ2) is 7.39. The summed E-state index contributed by atoms with van der Waals surface area (Å²) < 4.78 is 20.2. The molecule has 0 aliphatic heterocycles. The number of nitrogens with zero attached hydrogens (tertiary/aromatic N) is 2. The highest BCUT2D eigenvalue weighted by molar-refractivity contribution is 5.93. The van der Waals surface area contributed by atoms with Crippen molar-refractivity contribution in [2.45, 2.75) is 13.5 Å². The van der Waals surface area contributed by atoms with Crippen LogP contribution in [-0.2, 0) is 13.6 Å². The molecule has 0 aliphatic carbocycles. The van der Waals surface area contributed by atoms with Crippen LogP contribution in [0.15, 0.2) is 48.5 Å². The minimum absolute atomic E-state index is 0.256. The normalized spacial score (nSPS) is 10.6. The maximum atomic E-state index is 13.5. The Labute approximate surface area is 151 Å². The van der Waals surface area contributed by atoms with Crippen molar-refractivity contribution in [2.24, 2.45) is 7.05 Å². The summed E-state index contributed by atoms with van der Waals surface area (Å²) in [6.07, 6.45) is 0. The number of benzene rings is 2. The minimum atomic E-state index is -0.262. The number of halogens is 1. The average molecular weight is 353 g/mol. The molecule has 1 N–H and O–H groups in total. The van der Waals surface area contributed by atoms with Crippen molar-refractivity contribution in [1.29, 1.82) is 0 Å². The highest BCUT2D eigenvalue weighted by Gasteiger charge is 2.14. The van der Waals surface area contributed by atoms with Crippen LogP contribution in [0.25, 0.3) is 11.3 Å². The van der Waals surface area contributed by atoms with E-state index in [0.29, 0.717) is 17.8 Å². The Morgan fingerprint density at radius 3 is 2.58 bits per heavy atom. The third-order valence-corrected chi connectivity index (χ3v) is 4.18. The number of aromatic nitrogens is 2. The first-order chi connectivity index (χ1) is 12.5. The number of nitrogens with one attached hydrogen (secondary N) is 1. The van der Waals surface area contributed by atoms with Crippen molar-refractivity contribution in [3.63, 3.8) is 0 Å². The van der Waals surface area contributed by atoms with E-state index in [4.69, 9.17) is 4.74 Å². The third-order valence-electron chi connectivity index (χ3n) is 4.18. The first-order valence-corrected chi connectivity index (χ1v) is 8.19. The van der Waals surface area contributed by atoms with Crippen molar-refractivity contribution in [3.8, 4) is 17.0 Å². The van der Waals surface area contributed by atoms with E-state index in [1.54, 1.807) is 44.0 Å². The lowest BCUT2D eigenvalue weighted by molar-refractivity contribution is 0.0945. The van der Waals surface area contributed by atoms with Crippen LogP contribution in [0, 0.1) is 12.7 Å². The topological polar surface area (TPSA) is 56.1 Å². The Kier molecular flexibility index (Phi) is 5.02. The number of amides is 1. The van der Waals surface area contributed by atoms with E-state index in [-0.39, 0.29) is 11.7 Å². The molecule has 0 unspecified atom stereocenters. The number of hydrogen-bond donors (Lipinski definition) is 1. The van der Waals surface area contributed by atoms with Crippen LogP contribution in [0.2, 0.25) is 0 Å². The van der Waals surface area contributed by atoms with Gasteiger partial charge in [-0.1, -0.05) is 12.1 Å². The van der Waals surface area contributed by atoms with Crippen LogP contribution >= 0.6 is 0 Å². The summed E-state index contributed by atoms with van der Waals surface area (Å²) in [6.45, 7) is 2.10. The van der Waals surface area contributed by atoms with Crippen LogP contribution in [0.4, 0.5) is 4.39 Å². The van der Waals surface area contributed by atoms with E-state index < -0.39 is 0 Å². The monoisotopic (exact) mass is 353 g/mol. The van der Waals surface area contributed by atoms with Gasteiger partial charge >= 0.3 is 0 Å². The molecule has 0 atom stereocenters. The molecule has 5 nitrogen and oxygen atoms in total. The van der Waals surface area contributed by atoms with Gasteiger partial charge in [-0.2, -0.15) is 5.10 Å². The molecule has 6 heteroatoms. The van der Waals surface area contributed by atoms with Gasteiger partial charge in [0.2, 0.25) is 0 Å². The smallest absolute Gasteiger partial charge is 0.272 e. The molecule has 1 heterocycles. The molecule has 0 radical (unpaired) electrons. The molecular weight excluding hydrogens is 333 g/mol. The molecular formula is C20H20FN3O2. The third kappa shape index (κ3) is 3.74. The zero-order valence-corrected chi connectivity index (χ0v) is 14.9. The second-order valence-electron chi connectivity index (χ2n) is 6.03. The lowest BCUT2D eigenvalue weighted by Crippen LogP contribution is -2.23. The van der Waals surface area contributed by atoms with E-state index in [1.807, 2.05) is 24.3 Å². The molecule has 3 aromatic rings. The predicted octanol–water partition coefficient (Wildman–Crippen LogP) is 3.47. The van der Waals surface area contributed by atoms with Gasteiger partial charge in [-0.05, 0) is 54.4 Å². The Bertz CT molecular complexity index is 933. The summed E-state index contributed by atoms with van der Waals surface area (Å²) in [4.78, 5) is 12.4. The molecule has 0 fully saturated rings. The lowest BCUT2D eigenvalue weighted by Gasteiger charge is -2.04. The Hall–Kier alpha value is -3.15. The van der Waals surface area contributed by atoms with Gasteiger partial charge < -0.3 is 10.1 Å². The van der Waals surface area contributed by atoms with Crippen molar-refractivity contribution in [2.75, 3.05) is 7.11 Å². The molecule has 0 spiro atoms. The van der Waals surface area contributed by atoms with Crippen LogP contribution in [0.3, 0.4) is 0 Å². The number of rotatable bonds is 5. The van der Waals surface area contributed by atoms with E-state index in [0.717, 1.165) is 22.6 Å². The molecule has 2 aromatic carbocycles. The predicted molar refractivity (Wildman–Crippen MR) is 97.5 cm³/mol. The van der Waals surface area contributed by atoms with E-state index in [1.165, 1.54) is 6.07 Å². The zero-order valence-electron chi connectivity index (χ0n) is 14.9. The number of ether oxygens (including phenoxy) is 1. The fourth-order valence-electron chi connectivity index (χ4n) is 2.67. The van der Waals surface area contributed by atoms with E-state index in [9.17, 15) is 9.18 Å². The van der Waals surface area contributed by atoms with Gasteiger partial charge in [-0.25, -0.2) is 4.39 Å². The van der Waals surface area contributed by atoms with Gasteiger partial charge in [0.15, 0.2) is 5.69 Å². The molecule has 134 valence electrons. The van der Waals surface area contributed by atoms with Gasteiger partial charge in [-0.3, -0.25) is 9.48 Å². The fourth-order valence-corrected chi connectivity index (χ4v) is 2.67. The summed E-state index contributed by atoms with van der Waals surface area (Å²) in [5.41, 5.74) is 3.40. The molecule has 3 rings (SSSR count). The standard InChI is InChI=1S/C20H20FN3O2/c1-13-10-15(6-9-17(13)21)19-11-18(23-24(19)2)20(25)22-12-14-4-7-16(26-3)8-5-14/h4-11H,12H2,1-3H3,(H,22,25). The van der Waals surface area contributed by atoms with Crippen LogP contribution in [0.5, 0.6) is 5.75 Å². The van der Waals surface area contributed by atoms with Crippen molar-refractivity contribution < 1.29 is 13.9 Å². The first kappa shape index (κ1) is 17.7. The Morgan fingerprint density at radius 2 is 1.92 bits per heavy atom. The molecule has 0 saturated carbocycles. The minimum Gasteiger partial charge on any atom is -0.497 e. The summed E-state index contributed by atoms with van der Waals surface area (Å²) in [7, 11) is 3.37. The van der Waals surface area contributed by atoms with Crippen LogP contribution in [-0.4, -0.2) is 22.8 Å². The highest BCUT2D eigenvalue weighted by atomic mass is 19.1. The van der Waals surface area contributed by atoms with E-state index >= 15 is 0 Å². The van der Waals surface area contributed by atoms with Gasteiger partial charge in [0.25, 0.3) is 5.91 Å². The molecule has 0 bridgehead atoms. The van der Waals surface area contributed by atoms with Crippen molar-refractivity contribution in [3.05, 3.63) is 71.2 Å². The molecule has 1 aromatic heterocycles. The maximum absolute atomic E-state index is 13.5. The number of methoxy groups -OCH3 is 1. The van der Waals surface area contributed by atoms with Crippen LogP contribution in [0.1, 0.15) is 21.6 Å². The Balaban J connectivity index is 1.72. The van der Waals surface area contributed by atoms with Gasteiger partial charge in [0.1, 0.15) is 11.6 Å². The Morgan fingerprint density at radius 1 is 1.19 bits per heavy atom. The largest absolute Gasteiger partial charge is 0.497 e. The number of carbonyl (C=O) groups excluding carboxylic acids is 1. The fraction of sp³-hybridized carbons (Fsp3) is 0.200. The maximum Gasteiger partial charge on any atom is 0.272 e. The summed E-state index contributed by atoms with van der Waals surface area (Å²) in [6, 6.07) is 14.0. The summed E-state index contributed by atoms with van der Waals surface area (Å²) in [5.74, 6) is 0.249. The number of aryl methyl sites for hydroxylation is 2. The van der Waals surface area contributed by atoms with Crippen LogP contribution < -0.4 is 10.1 Å². The van der Waals surface area contributed by atoms with Gasteiger partial charge in [0, 0.05) is 19.2 Å².